The highest BCUT2D eigenvalue weighted by molar-refractivity contribution is 5.94. The highest BCUT2D eigenvalue weighted by Crippen LogP contribution is 2.22. The van der Waals surface area contributed by atoms with Crippen LogP contribution in [-0.4, -0.2) is 12.5 Å². The first-order valence-corrected chi connectivity index (χ1v) is 6.87. The van der Waals surface area contributed by atoms with Crippen LogP contribution in [0.3, 0.4) is 0 Å². The molecule has 1 aliphatic carbocycles. The van der Waals surface area contributed by atoms with Crippen LogP contribution in [0.4, 0.5) is 0 Å². The molecule has 106 valence electrons. The minimum atomic E-state index is 0. The van der Waals surface area contributed by atoms with Gasteiger partial charge in [-0.3, -0.25) is 4.79 Å². The molecule has 4 heteroatoms. The van der Waals surface area contributed by atoms with Crippen molar-refractivity contribution in [1.82, 2.24) is 5.32 Å². The van der Waals surface area contributed by atoms with Crippen LogP contribution in [-0.2, 0) is 6.54 Å². The van der Waals surface area contributed by atoms with Crippen LogP contribution in [0, 0.1) is 5.92 Å². The van der Waals surface area contributed by atoms with Crippen LogP contribution in [0.15, 0.2) is 24.3 Å². The third-order valence-corrected chi connectivity index (χ3v) is 3.73. The van der Waals surface area contributed by atoms with Crippen LogP contribution >= 0.6 is 12.4 Å². The Kier molecular flexibility index (Phi) is 6.89. The molecule has 0 bridgehead atoms. The van der Waals surface area contributed by atoms with Gasteiger partial charge in [0.25, 0.3) is 5.91 Å². The lowest BCUT2D eigenvalue weighted by Gasteiger charge is -2.21. The number of hydrogen-bond donors (Lipinski definition) is 2. The molecule has 0 aliphatic heterocycles. The summed E-state index contributed by atoms with van der Waals surface area (Å²) in [6, 6.07) is 7.52. The van der Waals surface area contributed by atoms with Crippen molar-refractivity contribution in [2.75, 3.05) is 6.54 Å². The summed E-state index contributed by atoms with van der Waals surface area (Å²) in [6.07, 6.45) is 6.49. The van der Waals surface area contributed by atoms with Gasteiger partial charge < -0.3 is 11.1 Å². The summed E-state index contributed by atoms with van der Waals surface area (Å²) < 4.78 is 0. The monoisotopic (exact) mass is 282 g/mol. The van der Waals surface area contributed by atoms with Crippen molar-refractivity contribution in [3.63, 3.8) is 0 Å². The first-order chi connectivity index (χ1) is 8.79. The third kappa shape index (κ3) is 4.84. The van der Waals surface area contributed by atoms with Crippen LogP contribution in [0.1, 0.15) is 48.0 Å². The lowest BCUT2D eigenvalue weighted by atomic mass is 9.89. The molecule has 0 radical (unpaired) electrons. The summed E-state index contributed by atoms with van der Waals surface area (Å²) in [5, 5.41) is 3.04. The fourth-order valence-corrected chi connectivity index (χ4v) is 2.52. The summed E-state index contributed by atoms with van der Waals surface area (Å²) in [7, 11) is 0. The van der Waals surface area contributed by atoms with Gasteiger partial charge in [0.2, 0.25) is 0 Å². The number of carbonyl (C=O) groups is 1. The molecule has 0 heterocycles. The molecule has 1 fully saturated rings. The molecule has 3 nitrogen and oxygen atoms in total. The molecule has 1 aliphatic rings. The van der Waals surface area contributed by atoms with Crippen LogP contribution in [0.2, 0.25) is 0 Å². The van der Waals surface area contributed by atoms with E-state index >= 15 is 0 Å². The van der Waals surface area contributed by atoms with E-state index < -0.39 is 0 Å². The van der Waals surface area contributed by atoms with E-state index in [1.165, 1.54) is 32.1 Å². The Morgan fingerprint density at radius 2 is 1.79 bits per heavy atom. The van der Waals surface area contributed by atoms with E-state index in [-0.39, 0.29) is 18.3 Å². The zero-order chi connectivity index (χ0) is 12.8. The van der Waals surface area contributed by atoms with Crippen molar-refractivity contribution in [1.29, 1.82) is 0 Å². The summed E-state index contributed by atoms with van der Waals surface area (Å²) in [4.78, 5) is 11.9. The maximum absolute atomic E-state index is 11.9. The van der Waals surface area contributed by atoms with Gasteiger partial charge in [-0.2, -0.15) is 0 Å². The average Bonchev–Trinajstić information content (AvgIpc) is 2.46. The average molecular weight is 283 g/mol. The minimum absolute atomic E-state index is 0. The van der Waals surface area contributed by atoms with Crippen molar-refractivity contribution >= 4 is 18.3 Å². The van der Waals surface area contributed by atoms with Gasteiger partial charge in [0.15, 0.2) is 0 Å². The largest absolute Gasteiger partial charge is 0.352 e. The number of rotatable bonds is 4. The van der Waals surface area contributed by atoms with E-state index in [2.05, 4.69) is 5.32 Å². The Labute approximate surface area is 121 Å². The zero-order valence-corrected chi connectivity index (χ0v) is 12.0. The molecular formula is C15H23ClN2O. The first kappa shape index (κ1) is 16.0. The second-order valence-electron chi connectivity index (χ2n) is 5.12. The number of amides is 1. The molecule has 3 N–H and O–H groups in total. The number of halogens is 1. The fourth-order valence-electron chi connectivity index (χ4n) is 2.52. The summed E-state index contributed by atoms with van der Waals surface area (Å²) in [5.74, 6) is 0.704. The van der Waals surface area contributed by atoms with E-state index in [4.69, 9.17) is 5.73 Å². The highest BCUT2D eigenvalue weighted by atomic mass is 35.5. The number of nitrogens with one attached hydrogen (secondary N) is 1. The number of carbonyl (C=O) groups excluding carboxylic acids is 1. The van der Waals surface area contributed by atoms with Crippen LogP contribution in [0.25, 0.3) is 0 Å². The predicted octanol–water partition coefficient (Wildman–Crippen LogP) is 2.88. The lowest BCUT2D eigenvalue weighted by Crippen LogP contribution is -2.30. The molecule has 0 atom stereocenters. The molecule has 0 unspecified atom stereocenters. The standard InChI is InChI=1S/C15H22N2O.ClH/c16-10-12-6-8-14(9-7-12)15(18)17-11-13-4-2-1-3-5-13;/h6-9,13H,1-5,10-11,16H2,(H,17,18);1H. The van der Waals surface area contributed by atoms with Gasteiger partial charge in [-0.15, -0.1) is 12.4 Å². The first-order valence-electron chi connectivity index (χ1n) is 6.87. The van der Waals surface area contributed by atoms with Gasteiger partial charge in [-0.05, 0) is 36.5 Å². The summed E-state index contributed by atoms with van der Waals surface area (Å²) >= 11 is 0. The summed E-state index contributed by atoms with van der Waals surface area (Å²) in [6.45, 7) is 1.33. The Bertz CT molecular complexity index is 386. The summed E-state index contributed by atoms with van der Waals surface area (Å²) in [5.41, 5.74) is 7.31. The number of hydrogen-bond acceptors (Lipinski definition) is 2. The quantitative estimate of drug-likeness (QED) is 0.892. The van der Waals surface area contributed by atoms with Gasteiger partial charge in [-0.25, -0.2) is 0 Å². The topological polar surface area (TPSA) is 55.1 Å². The van der Waals surface area contributed by atoms with E-state index in [9.17, 15) is 4.79 Å². The second kappa shape index (κ2) is 8.18. The van der Waals surface area contributed by atoms with Crippen molar-refractivity contribution in [3.8, 4) is 0 Å². The van der Waals surface area contributed by atoms with Gasteiger partial charge in [0.05, 0.1) is 0 Å². The smallest absolute Gasteiger partial charge is 0.251 e. The molecule has 1 aromatic carbocycles. The van der Waals surface area contributed by atoms with Gasteiger partial charge >= 0.3 is 0 Å². The van der Waals surface area contributed by atoms with Gasteiger partial charge in [-0.1, -0.05) is 31.4 Å². The van der Waals surface area contributed by atoms with Gasteiger partial charge in [0, 0.05) is 18.7 Å². The lowest BCUT2D eigenvalue weighted by molar-refractivity contribution is 0.0943. The Morgan fingerprint density at radius 3 is 2.37 bits per heavy atom. The third-order valence-electron chi connectivity index (χ3n) is 3.73. The number of nitrogens with two attached hydrogens (primary N) is 1. The molecule has 0 saturated heterocycles. The second-order valence-corrected chi connectivity index (χ2v) is 5.12. The van der Waals surface area contributed by atoms with Crippen LogP contribution in [0.5, 0.6) is 0 Å². The minimum Gasteiger partial charge on any atom is -0.352 e. The zero-order valence-electron chi connectivity index (χ0n) is 11.2. The molecule has 0 aromatic heterocycles. The molecule has 2 rings (SSSR count). The van der Waals surface area contributed by atoms with Crippen molar-refractivity contribution < 1.29 is 4.79 Å². The van der Waals surface area contributed by atoms with Crippen molar-refractivity contribution in [2.24, 2.45) is 11.7 Å². The van der Waals surface area contributed by atoms with Crippen molar-refractivity contribution in [2.45, 2.75) is 38.6 Å². The molecule has 0 spiro atoms. The molecule has 1 aromatic rings. The normalized spacial score (nSPS) is 15.6. The molecule has 1 amide bonds. The molecule has 19 heavy (non-hydrogen) atoms. The molecule has 1 saturated carbocycles. The number of benzene rings is 1. The Balaban J connectivity index is 0.00000180. The fraction of sp³-hybridized carbons (Fsp3) is 0.533. The maximum atomic E-state index is 11.9. The Hall–Kier alpha value is -1.06. The molecular weight excluding hydrogens is 260 g/mol. The maximum Gasteiger partial charge on any atom is 0.251 e. The Morgan fingerprint density at radius 1 is 1.16 bits per heavy atom. The van der Waals surface area contributed by atoms with E-state index in [0.717, 1.165) is 17.7 Å². The van der Waals surface area contributed by atoms with E-state index in [1.807, 2.05) is 24.3 Å². The van der Waals surface area contributed by atoms with E-state index in [1.54, 1.807) is 0 Å². The SMILES string of the molecule is Cl.NCc1ccc(C(=O)NCC2CCCCC2)cc1. The van der Waals surface area contributed by atoms with E-state index in [0.29, 0.717) is 12.5 Å². The van der Waals surface area contributed by atoms with Crippen LogP contribution < -0.4 is 11.1 Å². The highest BCUT2D eigenvalue weighted by Gasteiger charge is 2.14. The van der Waals surface area contributed by atoms with Gasteiger partial charge in [0.1, 0.15) is 0 Å². The van der Waals surface area contributed by atoms with Crippen molar-refractivity contribution in [3.05, 3.63) is 35.4 Å². The predicted molar refractivity (Wildman–Crippen MR) is 80.5 cm³/mol.